The molecule has 0 fully saturated rings. The molecule has 31 heavy (non-hydrogen) atoms. The summed E-state index contributed by atoms with van der Waals surface area (Å²) in [7, 11) is -3.88. The highest BCUT2D eigenvalue weighted by atomic mass is 35.5. The van der Waals surface area contributed by atoms with E-state index in [1.54, 1.807) is 60.5 Å². The Labute approximate surface area is 189 Å². The highest BCUT2D eigenvalue weighted by molar-refractivity contribution is 7.92. The minimum atomic E-state index is -3.88. The minimum absolute atomic E-state index is 0.0358. The fourth-order valence-corrected chi connectivity index (χ4v) is 4.66. The normalized spacial score (nSPS) is 11.3. The lowest BCUT2D eigenvalue weighted by atomic mass is 10.2. The van der Waals surface area contributed by atoms with Crippen LogP contribution >= 0.6 is 23.2 Å². The van der Waals surface area contributed by atoms with Crippen LogP contribution in [0.15, 0.2) is 72.4 Å². The summed E-state index contributed by atoms with van der Waals surface area (Å²) in [5.74, 6) is 1.24. The first kappa shape index (κ1) is 21.1. The zero-order valence-corrected chi connectivity index (χ0v) is 18.4. The molecular weight excluding hydrogens is 459 g/mol. The van der Waals surface area contributed by atoms with E-state index in [0.29, 0.717) is 27.9 Å². The van der Waals surface area contributed by atoms with Crippen molar-refractivity contribution in [1.29, 1.82) is 0 Å². The van der Waals surface area contributed by atoms with E-state index in [9.17, 15) is 8.42 Å². The monoisotopic (exact) mass is 474 g/mol. The summed E-state index contributed by atoms with van der Waals surface area (Å²) in [6.45, 7) is 1.71. The van der Waals surface area contributed by atoms with Crippen molar-refractivity contribution < 1.29 is 8.42 Å². The van der Waals surface area contributed by atoms with Crippen molar-refractivity contribution in [3.05, 3.63) is 83.1 Å². The van der Waals surface area contributed by atoms with Crippen LogP contribution < -0.4 is 10.0 Å². The van der Waals surface area contributed by atoms with E-state index in [4.69, 9.17) is 23.2 Å². The molecule has 2 aromatic heterocycles. The van der Waals surface area contributed by atoms with Crippen LogP contribution in [0.25, 0.3) is 5.82 Å². The van der Waals surface area contributed by atoms with Gasteiger partial charge in [-0.2, -0.15) is 0 Å². The van der Waals surface area contributed by atoms with Gasteiger partial charge in [0, 0.05) is 34.9 Å². The molecule has 8 nitrogen and oxygen atoms in total. The summed E-state index contributed by atoms with van der Waals surface area (Å²) in [6.07, 6.45) is 6.52. The third kappa shape index (κ3) is 4.79. The molecule has 4 rings (SSSR count). The summed E-state index contributed by atoms with van der Waals surface area (Å²) >= 11 is 12.1. The second-order valence-electron chi connectivity index (χ2n) is 6.57. The number of hydrogen-bond donors (Lipinski definition) is 2. The van der Waals surface area contributed by atoms with Gasteiger partial charge in [0.15, 0.2) is 0 Å². The third-order valence-electron chi connectivity index (χ3n) is 4.33. The molecule has 0 spiro atoms. The lowest BCUT2D eigenvalue weighted by molar-refractivity contribution is 0.601. The van der Waals surface area contributed by atoms with Crippen molar-refractivity contribution in [3.8, 4) is 5.82 Å². The summed E-state index contributed by atoms with van der Waals surface area (Å²) in [5.41, 5.74) is 1.72. The van der Waals surface area contributed by atoms with Crippen LogP contribution in [0.3, 0.4) is 0 Å². The number of aromatic nitrogens is 4. The zero-order chi connectivity index (χ0) is 22.0. The fraction of sp³-hybridized carbons (Fsp3) is 0.0500. The number of nitrogens with one attached hydrogen (secondary N) is 2. The van der Waals surface area contributed by atoms with E-state index in [1.165, 1.54) is 18.5 Å². The second kappa shape index (κ2) is 8.54. The summed E-state index contributed by atoms with van der Waals surface area (Å²) in [6, 6.07) is 11.3. The van der Waals surface area contributed by atoms with E-state index in [2.05, 4.69) is 25.0 Å². The number of aryl methyl sites for hydroxylation is 1. The number of imidazole rings is 1. The van der Waals surface area contributed by atoms with Crippen LogP contribution in [0, 0.1) is 6.92 Å². The molecule has 158 valence electrons. The van der Waals surface area contributed by atoms with Crippen LogP contribution in [-0.2, 0) is 10.0 Å². The van der Waals surface area contributed by atoms with Gasteiger partial charge in [0.2, 0.25) is 0 Å². The predicted molar refractivity (Wildman–Crippen MR) is 121 cm³/mol. The van der Waals surface area contributed by atoms with Crippen molar-refractivity contribution in [3.63, 3.8) is 0 Å². The predicted octanol–water partition coefficient (Wildman–Crippen LogP) is 4.82. The van der Waals surface area contributed by atoms with Gasteiger partial charge in [0.1, 0.15) is 29.2 Å². The maximum absolute atomic E-state index is 12.7. The number of anilines is 3. The molecule has 0 saturated heterocycles. The van der Waals surface area contributed by atoms with Crippen LogP contribution in [0.1, 0.15) is 5.56 Å². The van der Waals surface area contributed by atoms with E-state index in [1.807, 2.05) is 0 Å². The van der Waals surface area contributed by atoms with E-state index in [-0.39, 0.29) is 9.92 Å². The second-order valence-corrected chi connectivity index (χ2v) is 9.04. The van der Waals surface area contributed by atoms with Gasteiger partial charge in [-0.05, 0) is 48.9 Å². The van der Waals surface area contributed by atoms with E-state index in [0.717, 1.165) is 5.69 Å². The molecule has 4 aromatic rings. The SMILES string of the molecule is Cc1cc(S(=O)(=O)Nc2ccc(Nc3cc(-n4ccnc4)ncn3)cc2)c(Cl)cc1Cl. The topological polar surface area (TPSA) is 102 Å². The minimum Gasteiger partial charge on any atom is -0.340 e. The highest BCUT2D eigenvalue weighted by Crippen LogP contribution is 2.30. The standard InChI is InChI=1S/C20H16Cl2N6O2S/c1-13-8-18(17(22)9-16(13)21)31(29,30)27-15-4-2-14(3-5-15)26-19-10-20(25-11-24-19)28-7-6-23-12-28/h2-12,27H,1H3,(H,24,25,26). The fourth-order valence-electron chi connectivity index (χ4n) is 2.77. The zero-order valence-electron chi connectivity index (χ0n) is 16.1. The molecule has 0 radical (unpaired) electrons. The first-order chi connectivity index (χ1) is 14.8. The average molecular weight is 475 g/mol. The van der Waals surface area contributed by atoms with Crippen molar-refractivity contribution in [2.75, 3.05) is 10.0 Å². The van der Waals surface area contributed by atoms with Crippen molar-refractivity contribution in [1.82, 2.24) is 19.5 Å². The summed E-state index contributed by atoms with van der Waals surface area (Å²) in [5, 5.41) is 3.61. The molecule has 11 heteroatoms. The van der Waals surface area contributed by atoms with Gasteiger partial charge in [-0.25, -0.2) is 23.4 Å². The lowest BCUT2D eigenvalue weighted by Gasteiger charge is -2.12. The Hall–Kier alpha value is -3.14. The Morgan fingerprint density at radius 1 is 0.968 bits per heavy atom. The van der Waals surface area contributed by atoms with Crippen molar-refractivity contribution in [2.24, 2.45) is 0 Å². The van der Waals surface area contributed by atoms with Crippen molar-refractivity contribution in [2.45, 2.75) is 11.8 Å². The Kier molecular flexibility index (Phi) is 5.81. The molecule has 2 heterocycles. The Balaban J connectivity index is 1.50. The summed E-state index contributed by atoms with van der Waals surface area (Å²) in [4.78, 5) is 12.4. The van der Waals surface area contributed by atoms with Crippen LogP contribution in [-0.4, -0.2) is 27.9 Å². The number of sulfonamides is 1. The Morgan fingerprint density at radius 2 is 1.71 bits per heavy atom. The molecule has 0 amide bonds. The maximum atomic E-state index is 12.7. The number of hydrogen-bond acceptors (Lipinski definition) is 6. The largest absolute Gasteiger partial charge is 0.340 e. The maximum Gasteiger partial charge on any atom is 0.263 e. The van der Waals surface area contributed by atoms with Gasteiger partial charge in [-0.15, -0.1) is 0 Å². The van der Waals surface area contributed by atoms with Crippen LogP contribution in [0.5, 0.6) is 0 Å². The number of nitrogens with zero attached hydrogens (tertiary/aromatic N) is 4. The average Bonchev–Trinajstić information content (AvgIpc) is 3.27. The molecule has 0 atom stereocenters. The van der Waals surface area contributed by atoms with Gasteiger partial charge in [-0.1, -0.05) is 23.2 Å². The molecule has 0 unspecified atom stereocenters. The van der Waals surface area contributed by atoms with Crippen molar-refractivity contribution >= 4 is 50.4 Å². The van der Waals surface area contributed by atoms with E-state index >= 15 is 0 Å². The van der Waals surface area contributed by atoms with Gasteiger partial charge < -0.3 is 5.32 Å². The Morgan fingerprint density at radius 3 is 2.42 bits per heavy atom. The van der Waals surface area contributed by atoms with Crippen LogP contribution in [0.2, 0.25) is 10.0 Å². The third-order valence-corrected chi connectivity index (χ3v) is 6.59. The molecule has 0 aliphatic heterocycles. The Bertz CT molecular complexity index is 1330. The lowest BCUT2D eigenvalue weighted by Crippen LogP contribution is -2.13. The molecule has 0 aliphatic carbocycles. The smallest absolute Gasteiger partial charge is 0.263 e. The molecule has 0 aliphatic rings. The first-order valence-corrected chi connectivity index (χ1v) is 11.2. The van der Waals surface area contributed by atoms with Gasteiger partial charge >= 0.3 is 0 Å². The quantitative estimate of drug-likeness (QED) is 0.415. The summed E-state index contributed by atoms with van der Waals surface area (Å²) < 4.78 is 29.7. The number of rotatable bonds is 6. The molecular formula is C20H16Cl2N6O2S. The molecule has 2 N–H and O–H groups in total. The van der Waals surface area contributed by atoms with E-state index < -0.39 is 10.0 Å². The molecule has 2 aromatic carbocycles. The number of benzene rings is 2. The van der Waals surface area contributed by atoms with Gasteiger partial charge in [-0.3, -0.25) is 9.29 Å². The highest BCUT2D eigenvalue weighted by Gasteiger charge is 2.19. The first-order valence-electron chi connectivity index (χ1n) is 8.98. The van der Waals surface area contributed by atoms with Crippen LogP contribution in [0.4, 0.5) is 17.2 Å². The number of halogens is 2. The van der Waals surface area contributed by atoms with Gasteiger partial charge in [0.25, 0.3) is 10.0 Å². The molecule has 0 bridgehead atoms. The van der Waals surface area contributed by atoms with Gasteiger partial charge in [0.05, 0.1) is 5.02 Å². The molecule has 0 saturated carbocycles.